The van der Waals surface area contributed by atoms with Crippen molar-refractivity contribution in [1.82, 2.24) is 19.1 Å². The number of aliphatic hydroxyl groups excluding tert-OH is 4. The van der Waals surface area contributed by atoms with E-state index in [0.29, 0.717) is 0 Å². The number of rotatable bonds is 2. The number of imidazole rings is 1. The molecule has 12 nitrogen and oxygen atoms in total. The first-order valence-corrected chi connectivity index (χ1v) is 7.56. The molecule has 2 aliphatic heterocycles. The lowest BCUT2D eigenvalue weighted by molar-refractivity contribution is -0.0676. The molecule has 1 fully saturated rings. The van der Waals surface area contributed by atoms with Gasteiger partial charge in [0.2, 0.25) is 5.95 Å². The van der Waals surface area contributed by atoms with Crippen LogP contribution in [-0.4, -0.2) is 75.3 Å². The van der Waals surface area contributed by atoms with Crippen molar-refractivity contribution in [2.45, 2.75) is 43.4 Å². The van der Waals surface area contributed by atoms with Crippen LogP contribution in [-0.2, 0) is 4.74 Å². The van der Waals surface area contributed by atoms with Crippen molar-refractivity contribution in [3.8, 4) is 0 Å². The lowest BCUT2D eigenvalue weighted by atomic mass is 10.1. The largest absolute Gasteiger partial charge is 0.394 e. The average Bonchev–Trinajstić information content (AvgIpc) is 3.16. The number of anilines is 1. The Labute approximate surface area is 139 Å². The van der Waals surface area contributed by atoms with Crippen LogP contribution in [0.2, 0.25) is 0 Å². The first-order valence-electron chi connectivity index (χ1n) is 7.56. The van der Waals surface area contributed by atoms with Gasteiger partial charge in [-0.05, 0) is 6.92 Å². The fourth-order valence-corrected chi connectivity index (χ4v) is 3.13. The van der Waals surface area contributed by atoms with E-state index in [1.165, 1.54) is 17.8 Å². The van der Waals surface area contributed by atoms with Gasteiger partial charge in [0.1, 0.15) is 18.3 Å². The molecule has 0 aliphatic carbocycles. The molecule has 0 amide bonds. The highest BCUT2D eigenvalue weighted by Crippen LogP contribution is 2.33. The molecular weight excluding hydrogens is 338 g/mol. The summed E-state index contributed by atoms with van der Waals surface area (Å²) in [6, 6.07) is 0. The second-order valence-electron chi connectivity index (χ2n) is 6.31. The van der Waals surface area contributed by atoms with Crippen molar-refractivity contribution in [3.05, 3.63) is 16.7 Å². The molecule has 6 atom stereocenters. The Morgan fingerprint density at radius 2 is 2.08 bits per heavy atom. The summed E-state index contributed by atoms with van der Waals surface area (Å²) in [5, 5.41) is 51.9. The van der Waals surface area contributed by atoms with Gasteiger partial charge >= 0.3 is 0 Å². The van der Waals surface area contributed by atoms with Gasteiger partial charge in [-0.15, -0.1) is 0 Å². The summed E-state index contributed by atoms with van der Waals surface area (Å²) < 4.78 is 7.54. The Balaban J connectivity index is 1.85. The van der Waals surface area contributed by atoms with E-state index in [9.17, 15) is 30.3 Å². The van der Waals surface area contributed by atoms with Crippen LogP contribution in [0.25, 0.3) is 11.2 Å². The van der Waals surface area contributed by atoms with E-state index < -0.39 is 48.7 Å². The maximum atomic E-state index is 12.6. The van der Waals surface area contributed by atoms with E-state index in [4.69, 9.17) is 4.74 Å². The fourth-order valence-electron chi connectivity index (χ4n) is 3.13. The van der Waals surface area contributed by atoms with E-state index in [-0.39, 0.29) is 17.1 Å². The zero-order chi connectivity index (χ0) is 18.1. The molecule has 136 valence electrons. The highest BCUT2D eigenvalue weighted by atomic mass is 16.6. The van der Waals surface area contributed by atoms with Crippen LogP contribution in [0.1, 0.15) is 19.4 Å². The number of aromatic nitrogens is 4. The molecule has 0 spiro atoms. The molecule has 2 aromatic rings. The summed E-state index contributed by atoms with van der Waals surface area (Å²) in [6.45, 7) is 0.785. The molecule has 4 heterocycles. The lowest BCUT2D eigenvalue weighted by Gasteiger charge is -2.20. The van der Waals surface area contributed by atoms with Crippen molar-refractivity contribution < 1.29 is 30.3 Å². The molecule has 6 N–H and O–H groups in total. The van der Waals surface area contributed by atoms with Crippen molar-refractivity contribution in [3.63, 3.8) is 0 Å². The second kappa shape index (κ2) is 5.20. The van der Waals surface area contributed by atoms with E-state index >= 15 is 0 Å². The predicted octanol–water partition coefficient (Wildman–Crippen LogP) is -3.17. The van der Waals surface area contributed by atoms with Crippen LogP contribution in [0.4, 0.5) is 5.95 Å². The molecule has 0 saturated carbocycles. The fraction of sp³-hybridized carbons (Fsp3) is 0.615. The molecule has 0 bridgehead atoms. The van der Waals surface area contributed by atoms with Gasteiger partial charge in [-0.2, -0.15) is 4.98 Å². The zero-order valence-corrected chi connectivity index (χ0v) is 13.0. The number of aliphatic hydroxyl groups is 5. The van der Waals surface area contributed by atoms with Gasteiger partial charge in [-0.3, -0.25) is 9.36 Å². The number of hydrogen-bond donors (Lipinski definition) is 6. The minimum absolute atomic E-state index is 0.0310. The Bertz CT molecular complexity index is 893. The van der Waals surface area contributed by atoms with Gasteiger partial charge in [0.05, 0.1) is 12.9 Å². The third-order valence-electron chi connectivity index (χ3n) is 4.53. The molecule has 1 saturated heterocycles. The first kappa shape index (κ1) is 16.4. The normalized spacial score (nSPS) is 37.4. The van der Waals surface area contributed by atoms with Crippen LogP contribution in [0.15, 0.2) is 11.1 Å². The summed E-state index contributed by atoms with van der Waals surface area (Å²) >= 11 is 0. The summed E-state index contributed by atoms with van der Waals surface area (Å²) in [4.78, 5) is 20.7. The molecule has 0 radical (unpaired) electrons. The van der Waals surface area contributed by atoms with Crippen molar-refractivity contribution in [1.29, 1.82) is 0 Å². The smallest absolute Gasteiger partial charge is 0.285 e. The van der Waals surface area contributed by atoms with Crippen LogP contribution in [0.5, 0.6) is 0 Å². The molecule has 2 aromatic heterocycles. The average molecular weight is 355 g/mol. The van der Waals surface area contributed by atoms with Gasteiger partial charge in [0, 0.05) is 0 Å². The summed E-state index contributed by atoms with van der Waals surface area (Å²) in [5.74, 6) is -0.0801. The molecule has 12 heteroatoms. The third kappa shape index (κ3) is 2.13. The third-order valence-corrected chi connectivity index (χ3v) is 4.53. The Kier molecular flexibility index (Phi) is 3.41. The molecule has 4 rings (SSSR count). The van der Waals surface area contributed by atoms with Gasteiger partial charge < -0.3 is 35.6 Å². The summed E-state index contributed by atoms with van der Waals surface area (Å²) in [5.41, 5.74) is -2.56. The molecule has 0 aromatic carbocycles. The van der Waals surface area contributed by atoms with Crippen LogP contribution in [0, 0.1) is 0 Å². The predicted molar refractivity (Wildman–Crippen MR) is 80.3 cm³/mol. The summed E-state index contributed by atoms with van der Waals surface area (Å²) in [7, 11) is 0. The number of ether oxygens (including phenoxy) is 1. The van der Waals surface area contributed by atoms with Gasteiger partial charge in [-0.25, -0.2) is 9.55 Å². The van der Waals surface area contributed by atoms with Gasteiger partial charge in [0.25, 0.3) is 5.56 Å². The molecular formula is C13H17N5O7. The van der Waals surface area contributed by atoms with Crippen LogP contribution < -0.4 is 10.9 Å². The van der Waals surface area contributed by atoms with E-state index in [1.807, 2.05) is 0 Å². The number of hydrogen-bond acceptors (Lipinski definition) is 10. The summed E-state index contributed by atoms with van der Waals surface area (Å²) in [6.07, 6.45) is -5.13. The van der Waals surface area contributed by atoms with Crippen molar-refractivity contribution >= 4 is 17.1 Å². The van der Waals surface area contributed by atoms with Crippen LogP contribution >= 0.6 is 0 Å². The highest BCUT2D eigenvalue weighted by molar-refractivity contribution is 5.72. The SMILES string of the molecule is CC1(O)Nc2nc3c(ncn3[C@@H]3O[C@H](CO)[C@@H](O)[C@H]3O)c(=O)n2C1O. The van der Waals surface area contributed by atoms with Gasteiger partial charge in [0.15, 0.2) is 29.3 Å². The Morgan fingerprint density at radius 1 is 1.36 bits per heavy atom. The number of nitrogens with one attached hydrogen (secondary N) is 1. The quantitative estimate of drug-likeness (QED) is 0.322. The molecule has 25 heavy (non-hydrogen) atoms. The van der Waals surface area contributed by atoms with E-state index in [0.717, 1.165) is 4.57 Å². The highest BCUT2D eigenvalue weighted by Gasteiger charge is 2.45. The Hall–Kier alpha value is -2.09. The van der Waals surface area contributed by atoms with Crippen molar-refractivity contribution in [2.75, 3.05) is 11.9 Å². The lowest BCUT2D eigenvalue weighted by Crippen LogP contribution is -2.38. The minimum Gasteiger partial charge on any atom is -0.394 e. The maximum Gasteiger partial charge on any atom is 0.285 e. The van der Waals surface area contributed by atoms with E-state index in [2.05, 4.69) is 15.3 Å². The van der Waals surface area contributed by atoms with Crippen molar-refractivity contribution in [2.24, 2.45) is 0 Å². The first-order chi connectivity index (χ1) is 11.8. The molecule has 2 unspecified atom stereocenters. The monoisotopic (exact) mass is 355 g/mol. The molecule has 2 aliphatic rings. The number of fused-ring (bicyclic) bond motifs is 2. The second-order valence-corrected chi connectivity index (χ2v) is 6.31. The maximum absolute atomic E-state index is 12.6. The standard InChI is InChI=1S/C13H17N5O7/c1-13(24)11(23)18-9(22)5-8(15-12(18)16-13)17(3-14-5)10-7(21)6(20)4(2-19)25-10/h3-4,6-7,10-11,19-21,23-24H,2H2,1H3,(H,15,16)/t4-,6-,7-,10-,11?,13?/m1/s1. The van der Waals surface area contributed by atoms with Crippen LogP contribution in [0.3, 0.4) is 0 Å². The Morgan fingerprint density at radius 3 is 2.72 bits per heavy atom. The minimum atomic E-state index is -1.79. The van der Waals surface area contributed by atoms with Gasteiger partial charge in [-0.1, -0.05) is 0 Å². The topological polar surface area (TPSA) is 175 Å². The zero-order valence-electron chi connectivity index (χ0n) is 13.0. The van der Waals surface area contributed by atoms with E-state index in [1.54, 1.807) is 0 Å². The number of nitrogens with zero attached hydrogens (tertiary/aromatic N) is 4.